The number of sulfonamides is 1. The van der Waals surface area contributed by atoms with Crippen molar-refractivity contribution >= 4 is 27.5 Å². The summed E-state index contributed by atoms with van der Waals surface area (Å²) >= 11 is 0. The molecule has 0 aromatic heterocycles. The maximum Gasteiger partial charge on any atom is 0.265 e. The van der Waals surface area contributed by atoms with Gasteiger partial charge >= 0.3 is 0 Å². The van der Waals surface area contributed by atoms with Gasteiger partial charge in [-0.05, 0) is 49.8 Å². The van der Waals surface area contributed by atoms with E-state index in [9.17, 15) is 18.0 Å². The van der Waals surface area contributed by atoms with Crippen molar-refractivity contribution in [2.24, 2.45) is 11.8 Å². The van der Waals surface area contributed by atoms with Gasteiger partial charge in [0.15, 0.2) is 6.61 Å². The lowest BCUT2D eigenvalue weighted by atomic mass is 9.94. The molecule has 3 rings (SSSR count). The minimum atomic E-state index is -3.73. The molecule has 32 heavy (non-hydrogen) atoms. The number of hydrogen-bond donors (Lipinski definition) is 1. The van der Waals surface area contributed by atoms with Gasteiger partial charge in [0.1, 0.15) is 12.3 Å². The van der Waals surface area contributed by atoms with Crippen LogP contribution in [-0.2, 0) is 24.3 Å². The summed E-state index contributed by atoms with van der Waals surface area (Å²) in [6.07, 6.45) is 1.66. The number of anilines is 1. The largest absolute Gasteiger partial charge is 0.482 e. The summed E-state index contributed by atoms with van der Waals surface area (Å²) in [4.78, 5) is 26.3. The molecule has 1 aromatic rings. The Morgan fingerprint density at radius 3 is 2.66 bits per heavy atom. The van der Waals surface area contributed by atoms with Crippen molar-refractivity contribution in [1.82, 2.24) is 9.62 Å². The highest BCUT2D eigenvalue weighted by Crippen LogP contribution is 2.36. The smallest absolute Gasteiger partial charge is 0.265 e. The quantitative estimate of drug-likeness (QED) is 0.554. The van der Waals surface area contributed by atoms with Crippen LogP contribution in [0.1, 0.15) is 33.6 Å². The Morgan fingerprint density at radius 2 is 1.97 bits per heavy atom. The molecule has 2 aliphatic heterocycles. The Balaban J connectivity index is 1.77. The van der Waals surface area contributed by atoms with Crippen LogP contribution in [0.15, 0.2) is 23.1 Å². The molecule has 2 amide bonds. The minimum Gasteiger partial charge on any atom is -0.482 e. The fraction of sp³-hybridized carbons (Fsp3) is 0.636. The Labute approximate surface area is 190 Å². The van der Waals surface area contributed by atoms with Crippen LogP contribution in [0.2, 0.25) is 0 Å². The Morgan fingerprint density at radius 1 is 1.25 bits per heavy atom. The van der Waals surface area contributed by atoms with Crippen molar-refractivity contribution in [1.29, 1.82) is 0 Å². The van der Waals surface area contributed by atoms with Gasteiger partial charge in [0, 0.05) is 32.8 Å². The molecule has 0 saturated carbocycles. The molecule has 0 aliphatic carbocycles. The van der Waals surface area contributed by atoms with Gasteiger partial charge in [-0.2, -0.15) is 4.31 Å². The summed E-state index contributed by atoms with van der Waals surface area (Å²) in [6.45, 7) is 8.13. The van der Waals surface area contributed by atoms with Gasteiger partial charge in [0.05, 0.1) is 10.6 Å². The van der Waals surface area contributed by atoms with Gasteiger partial charge in [-0.3, -0.25) is 14.5 Å². The zero-order chi connectivity index (χ0) is 23.3. The molecule has 0 bridgehead atoms. The van der Waals surface area contributed by atoms with E-state index in [4.69, 9.17) is 9.47 Å². The highest BCUT2D eigenvalue weighted by Gasteiger charge is 2.34. The van der Waals surface area contributed by atoms with Crippen LogP contribution in [0.5, 0.6) is 5.75 Å². The van der Waals surface area contributed by atoms with E-state index in [0.717, 1.165) is 6.42 Å². The summed E-state index contributed by atoms with van der Waals surface area (Å²) in [5, 5.41) is 2.77. The maximum absolute atomic E-state index is 13.3. The van der Waals surface area contributed by atoms with E-state index in [1.807, 2.05) is 20.8 Å². The average Bonchev–Trinajstić information content (AvgIpc) is 2.74. The standard InChI is InChI=1S/C22H33N3O6S/c1-4-30-9-5-8-23-21(26)14-25-19-11-18(6-7-20(19)31-15-22(25)27)32(28,29)24-12-16(2)10-17(3)13-24/h6-7,11,16-17H,4-5,8-10,12-15H2,1-3H3,(H,23,26)/t16-,17+. The second-order valence-corrected chi connectivity index (χ2v) is 10.5. The number of rotatable bonds is 9. The molecule has 10 heteroatoms. The maximum atomic E-state index is 13.3. The molecule has 1 aromatic carbocycles. The number of benzene rings is 1. The zero-order valence-electron chi connectivity index (χ0n) is 19.0. The number of nitrogens with zero attached hydrogens (tertiary/aromatic N) is 2. The molecule has 2 aliphatic rings. The van der Waals surface area contributed by atoms with Crippen molar-refractivity contribution in [2.45, 2.75) is 38.5 Å². The van der Waals surface area contributed by atoms with E-state index >= 15 is 0 Å². The van der Waals surface area contributed by atoms with Crippen LogP contribution in [-0.4, -0.2) is 70.5 Å². The molecule has 2 atom stereocenters. The Bertz CT molecular complexity index is 926. The highest BCUT2D eigenvalue weighted by atomic mass is 32.2. The van der Waals surface area contributed by atoms with Crippen molar-refractivity contribution in [3.8, 4) is 5.75 Å². The molecule has 0 spiro atoms. The van der Waals surface area contributed by atoms with Crippen molar-refractivity contribution in [3.63, 3.8) is 0 Å². The normalized spacial score (nSPS) is 21.7. The number of hydrogen-bond acceptors (Lipinski definition) is 6. The number of amides is 2. The van der Waals surface area contributed by atoms with Crippen LogP contribution in [0.25, 0.3) is 0 Å². The third kappa shape index (κ3) is 5.79. The molecular formula is C22H33N3O6S. The fourth-order valence-corrected chi connectivity index (χ4v) is 5.91. The van der Waals surface area contributed by atoms with Crippen LogP contribution in [0, 0.1) is 11.8 Å². The number of nitrogens with one attached hydrogen (secondary N) is 1. The van der Waals surface area contributed by atoms with Gasteiger partial charge in [0.25, 0.3) is 5.91 Å². The molecule has 0 radical (unpaired) electrons. The molecule has 178 valence electrons. The predicted molar refractivity (Wildman–Crippen MR) is 120 cm³/mol. The number of carbonyl (C=O) groups excluding carboxylic acids is 2. The Hall–Kier alpha value is -2.17. The lowest BCUT2D eigenvalue weighted by Gasteiger charge is -2.34. The lowest BCUT2D eigenvalue weighted by molar-refractivity contribution is -0.125. The predicted octanol–water partition coefficient (Wildman–Crippen LogP) is 1.62. The van der Waals surface area contributed by atoms with E-state index in [1.54, 1.807) is 6.07 Å². The van der Waals surface area contributed by atoms with Crippen LogP contribution >= 0.6 is 0 Å². The minimum absolute atomic E-state index is 0.0953. The van der Waals surface area contributed by atoms with Crippen LogP contribution in [0.3, 0.4) is 0 Å². The average molecular weight is 468 g/mol. The molecular weight excluding hydrogens is 434 g/mol. The molecule has 9 nitrogen and oxygen atoms in total. The number of fused-ring (bicyclic) bond motifs is 1. The molecule has 1 N–H and O–H groups in total. The van der Waals surface area contributed by atoms with Gasteiger partial charge in [0.2, 0.25) is 15.9 Å². The summed E-state index contributed by atoms with van der Waals surface area (Å²) in [5.74, 6) is 0.220. The number of carbonyl (C=O) groups is 2. The first-order valence-electron chi connectivity index (χ1n) is 11.1. The van der Waals surface area contributed by atoms with Gasteiger partial charge in [-0.1, -0.05) is 13.8 Å². The fourth-order valence-electron chi connectivity index (χ4n) is 4.21. The third-order valence-corrected chi connectivity index (χ3v) is 7.47. The van der Waals surface area contributed by atoms with E-state index in [2.05, 4.69) is 5.32 Å². The van der Waals surface area contributed by atoms with Crippen molar-refractivity contribution in [3.05, 3.63) is 18.2 Å². The Kier molecular flexibility index (Phi) is 8.13. The second-order valence-electron chi connectivity index (χ2n) is 8.57. The second kappa shape index (κ2) is 10.6. The van der Waals surface area contributed by atoms with Crippen LogP contribution in [0.4, 0.5) is 5.69 Å². The van der Waals surface area contributed by atoms with E-state index in [1.165, 1.54) is 21.3 Å². The summed E-state index contributed by atoms with van der Waals surface area (Å²) in [7, 11) is -3.73. The topological polar surface area (TPSA) is 105 Å². The van der Waals surface area contributed by atoms with E-state index in [0.29, 0.717) is 50.7 Å². The van der Waals surface area contributed by atoms with Gasteiger partial charge in [-0.25, -0.2) is 8.42 Å². The molecule has 2 heterocycles. The molecule has 0 unspecified atom stereocenters. The summed E-state index contributed by atoms with van der Waals surface area (Å²) < 4.78 is 38.8. The molecule has 1 saturated heterocycles. The van der Waals surface area contributed by atoms with Gasteiger partial charge in [-0.15, -0.1) is 0 Å². The van der Waals surface area contributed by atoms with Crippen molar-refractivity contribution < 1.29 is 27.5 Å². The first kappa shape index (κ1) is 24.5. The SMILES string of the molecule is CCOCCCNC(=O)CN1C(=O)COc2ccc(S(=O)(=O)N3C[C@H](C)C[C@H](C)C3)cc21. The third-order valence-electron chi connectivity index (χ3n) is 5.64. The first-order chi connectivity index (χ1) is 15.2. The lowest BCUT2D eigenvalue weighted by Crippen LogP contribution is -2.45. The van der Waals surface area contributed by atoms with Crippen molar-refractivity contribution in [2.75, 3.05) is 50.9 Å². The first-order valence-corrected chi connectivity index (χ1v) is 12.6. The zero-order valence-corrected chi connectivity index (χ0v) is 19.8. The molecule has 1 fully saturated rings. The van der Waals surface area contributed by atoms with E-state index < -0.39 is 15.9 Å². The van der Waals surface area contributed by atoms with Crippen LogP contribution < -0.4 is 15.0 Å². The number of piperidine rings is 1. The van der Waals surface area contributed by atoms with Gasteiger partial charge < -0.3 is 14.8 Å². The van der Waals surface area contributed by atoms with E-state index in [-0.39, 0.29) is 35.8 Å². The monoisotopic (exact) mass is 467 g/mol. The summed E-state index contributed by atoms with van der Waals surface area (Å²) in [6, 6.07) is 4.49. The summed E-state index contributed by atoms with van der Waals surface area (Å²) in [5.41, 5.74) is 0.296. The number of ether oxygens (including phenoxy) is 2. The highest BCUT2D eigenvalue weighted by molar-refractivity contribution is 7.89.